The number of aromatic nitrogens is 4. The van der Waals surface area contributed by atoms with E-state index in [1.807, 2.05) is 18.7 Å². The van der Waals surface area contributed by atoms with E-state index >= 15 is 0 Å². The van der Waals surface area contributed by atoms with E-state index in [9.17, 15) is 4.79 Å². The number of rotatable bonds is 4. The molecule has 140 valence electrons. The number of nitrogens with zero attached hydrogens (tertiary/aromatic N) is 6. The molecular formula is C19H28N6O. The van der Waals surface area contributed by atoms with Gasteiger partial charge in [0.15, 0.2) is 0 Å². The van der Waals surface area contributed by atoms with Crippen LogP contribution in [-0.4, -0.2) is 67.5 Å². The van der Waals surface area contributed by atoms with Crippen LogP contribution in [0.4, 0.5) is 0 Å². The molecule has 4 rings (SSSR count). The normalized spacial score (nSPS) is 19.5. The standard InChI is InChI=1S/C19H28N6O/c1-14-17(15(2)25-19(22-14)20-13-21-25)7-8-18(26)24-11-9-23(10-12-24)16-5-3-4-6-16/h13,16H,3-12H2,1-2H3. The highest BCUT2D eigenvalue weighted by Crippen LogP contribution is 2.24. The Morgan fingerprint density at radius 3 is 2.62 bits per heavy atom. The van der Waals surface area contributed by atoms with Gasteiger partial charge >= 0.3 is 0 Å². The van der Waals surface area contributed by atoms with Crippen molar-refractivity contribution in [1.82, 2.24) is 29.4 Å². The molecule has 0 unspecified atom stereocenters. The number of carbonyl (C=O) groups is 1. The second kappa shape index (κ2) is 7.31. The molecule has 26 heavy (non-hydrogen) atoms. The Bertz CT molecular complexity index is 787. The van der Waals surface area contributed by atoms with Gasteiger partial charge in [0.05, 0.1) is 0 Å². The maximum absolute atomic E-state index is 12.7. The van der Waals surface area contributed by atoms with Gasteiger partial charge in [0.25, 0.3) is 5.78 Å². The first-order chi connectivity index (χ1) is 12.6. The van der Waals surface area contributed by atoms with Gasteiger partial charge in [-0.3, -0.25) is 9.69 Å². The minimum Gasteiger partial charge on any atom is -0.340 e. The summed E-state index contributed by atoms with van der Waals surface area (Å²) in [4.78, 5) is 26.0. The molecule has 0 aromatic carbocycles. The minimum absolute atomic E-state index is 0.258. The SMILES string of the molecule is Cc1nc2ncnn2c(C)c1CCC(=O)N1CCN(C2CCCC2)CC1. The topological polar surface area (TPSA) is 66.6 Å². The third kappa shape index (κ3) is 3.32. The maximum atomic E-state index is 12.7. The van der Waals surface area contributed by atoms with Crippen molar-refractivity contribution in [1.29, 1.82) is 0 Å². The van der Waals surface area contributed by atoms with E-state index in [0.717, 1.165) is 49.2 Å². The second-order valence-electron chi connectivity index (χ2n) is 7.59. The Kier molecular flexibility index (Phi) is 4.89. The molecule has 3 heterocycles. The van der Waals surface area contributed by atoms with Crippen LogP contribution in [-0.2, 0) is 11.2 Å². The van der Waals surface area contributed by atoms with Crippen LogP contribution in [0.3, 0.4) is 0 Å². The summed E-state index contributed by atoms with van der Waals surface area (Å²) in [5, 5.41) is 4.23. The minimum atomic E-state index is 0.258. The number of carbonyl (C=O) groups excluding carboxylic acids is 1. The number of fused-ring (bicyclic) bond motifs is 1. The van der Waals surface area contributed by atoms with Gasteiger partial charge in [-0.1, -0.05) is 12.8 Å². The second-order valence-corrected chi connectivity index (χ2v) is 7.59. The van der Waals surface area contributed by atoms with E-state index < -0.39 is 0 Å². The molecule has 1 saturated carbocycles. The van der Waals surface area contributed by atoms with Gasteiger partial charge in [0.2, 0.25) is 5.91 Å². The molecule has 0 spiro atoms. The Labute approximate surface area is 154 Å². The highest BCUT2D eigenvalue weighted by Gasteiger charge is 2.27. The number of amides is 1. The summed E-state index contributed by atoms with van der Waals surface area (Å²) >= 11 is 0. The lowest BCUT2D eigenvalue weighted by atomic mass is 10.1. The molecule has 0 atom stereocenters. The van der Waals surface area contributed by atoms with E-state index in [1.54, 1.807) is 4.52 Å². The number of hydrogen-bond donors (Lipinski definition) is 0. The predicted molar refractivity (Wildman–Crippen MR) is 99.0 cm³/mol. The van der Waals surface area contributed by atoms with E-state index in [2.05, 4.69) is 20.0 Å². The van der Waals surface area contributed by atoms with Gasteiger partial charge in [0, 0.05) is 50.0 Å². The zero-order chi connectivity index (χ0) is 18.1. The lowest BCUT2D eigenvalue weighted by Crippen LogP contribution is -2.51. The quantitative estimate of drug-likeness (QED) is 0.835. The molecule has 1 aliphatic heterocycles. The Hall–Kier alpha value is -2.02. The van der Waals surface area contributed by atoms with Gasteiger partial charge in [0.1, 0.15) is 6.33 Å². The van der Waals surface area contributed by atoms with Crippen molar-refractivity contribution in [2.75, 3.05) is 26.2 Å². The van der Waals surface area contributed by atoms with Crippen LogP contribution in [0.15, 0.2) is 6.33 Å². The van der Waals surface area contributed by atoms with Crippen molar-refractivity contribution in [3.8, 4) is 0 Å². The fraction of sp³-hybridized carbons (Fsp3) is 0.684. The summed E-state index contributed by atoms with van der Waals surface area (Å²) in [6.07, 6.45) is 8.18. The largest absolute Gasteiger partial charge is 0.340 e. The molecule has 1 saturated heterocycles. The molecule has 0 bridgehead atoms. The van der Waals surface area contributed by atoms with Gasteiger partial charge < -0.3 is 4.90 Å². The van der Waals surface area contributed by atoms with E-state index in [4.69, 9.17) is 0 Å². The summed E-state index contributed by atoms with van der Waals surface area (Å²) < 4.78 is 1.76. The highest BCUT2D eigenvalue weighted by atomic mass is 16.2. The van der Waals surface area contributed by atoms with Crippen molar-refractivity contribution in [2.24, 2.45) is 0 Å². The Morgan fingerprint density at radius 1 is 1.15 bits per heavy atom. The summed E-state index contributed by atoms with van der Waals surface area (Å²) in [5.74, 6) is 0.881. The molecule has 0 radical (unpaired) electrons. The van der Waals surface area contributed by atoms with E-state index in [0.29, 0.717) is 18.6 Å². The molecule has 2 fully saturated rings. The molecule has 2 aliphatic rings. The number of piperazine rings is 1. The van der Waals surface area contributed by atoms with Gasteiger partial charge in [-0.15, -0.1) is 0 Å². The monoisotopic (exact) mass is 356 g/mol. The van der Waals surface area contributed by atoms with E-state index in [-0.39, 0.29) is 5.91 Å². The Balaban J connectivity index is 1.34. The highest BCUT2D eigenvalue weighted by molar-refractivity contribution is 5.76. The zero-order valence-electron chi connectivity index (χ0n) is 15.8. The van der Waals surface area contributed by atoms with Gasteiger partial charge in [-0.05, 0) is 38.7 Å². The van der Waals surface area contributed by atoms with Gasteiger partial charge in [-0.25, -0.2) is 9.50 Å². The molecule has 7 heteroatoms. The van der Waals surface area contributed by atoms with Crippen LogP contribution in [0.1, 0.15) is 49.1 Å². The fourth-order valence-corrected chi connectivity index (χ4v) is 4.51. The van der Waals surface area contributed by atoms with Crippen molar-refractivity contribution in [3.05, 3.63) is 23.3 Å². The van der Waals surface area contributed by atoms with Crippen molar-refractivity contribution >= 4 is 11.7 Å². The summed E-state index contributed by atoms with van der Waals surface area (Å²) in [5.41, 5.74) is 3.09. The third-order valence-corrected chi connectivity index (χ3v) is 6.09. The van der Waals surface area contributed by atoms with Crippen LogP contribution in [0.25, 0.3) is 5.78 Å². The third-order valence-electron chi connectivity index (χ3n) is 6.09. The average molecular weight is 356 g/mol. The van der Waals surface area contributed by atoms with Crippen LogP contribution in [0.2, 0.25) is 0 Å². The van der Waals surface area contributed by atoms with Crippen LogP contribution in [0, 0.1) is 13.8 Å². The molecule has 1 amide bonds. The smallest absolute Gasteiger partial charge is 0.252 e. The first kappa shape index (κ1) is 17.4. The van der Waals surface area contributed by atoms with Crippen LogP contribution in [0.5, 0.6) is 0 Å². The van der Waals surface area contributed by atoms with Crippen molar-refractivity contribution in [2.45, 2.75) is 58.4 Å². The number of aryl methyl sites for hydroxylation is 2. The fourth-order valence-electron chi connectivity index (χ4n) is 4.51. The molecular weight excluding hydrogens is 328 g/mol. The summed E-state index contributed by atoms with van der Waals surface area (Å²) in [7, 11) is 0. The van der Waals surface area contributed by atoms with Crippen molar-refractivity contribution in [3.63, 3.8) is 0 Å². The van der Waals surface area contributed by atoms with Crippen molar-refractivity contribution < 1.29 is 4.79 Å². The van der Waals surface area contributed by atoms with Crippen LogP contribution < -0.4 is 0 Å². The molecule has 1 aliphatic carbocycles. The first-order valence-electron chi connectivity index (χ1n) is 9.81. The average Bonchev–Trinajstić information content (AvgIpc) is 3.33. The lowest BCUT2D eigenvalue weighted by molar-refractivity contribution is -0.133. The molecule has 2 aromatic heterocycles. The summed E-state index contributed by atoms with van der Waals surface area (Å²) in [6.45, 7) is 7.81. The van der Waals surface area contributed by atoms with Crippen LogP contribution >= 0.6 is 0 Å². The lowest BCUT2D eigenvalue weighted by Gasteiger charge is -2.38. The predicted octanol–water partition coefficient (Wildman–Crippen LogP) is 1.76. The first-order valence-corrected chi connectivity index (χ1v) is 9.81. The molecule has 2 aromatic rings. The molecule has 0 N–H and O–H groups in total. The molecule has 7 nitrogen and oxygen atoms in total. The van der Waals surface area contributed by atoms with E-state index in [1.165, 1.54) is 32.0 Å². The maximum Gasteiger partial charge on any atom is 0.252 e. The zero-order valence-corrected chi connectivity index (χ0v) is 15.8. The van der Waals surface area contributed by atoms with Gasteiger partial charge in [-0.2, -0.15) is 10.1 Å². The number of hydrogen-bond acceptors (Lipinski definition) is 5. The Morgan fingerprint density at radius 2 is 1.88 bits per heavy atom. The summed E-state index contributed by atoms with van der Waals surface area (Å²) in [6, 6.07) is 0.762.